The quantitative estimate of drug-likeness (QED) is 0.298. The zero-order valence-electron chi connectivity index (χ0n) is 19.6. The summed E-state index contributed by atoms with van der Waals surface area (Å²) >= 11 is 1.56. The lowest BCUT2D eigenvalue weighted by molar-refractivity contribution is 0.102. The molecule has 0 aliphatic heterocycles. The van der Waals surface area contributed by atoms with Crippen molar-refractivity contribution in [1.82, 2.24) is 14.7 Å². The fourth-order valence-electron chi connectivity index (χ4n) is 3.73. The molecule has 2 aromatic heterocycles. The lowest BCUT2D eigenvalue weighted by Gasteiger charge is -2.14. The molecule has 7 nitrogen and oxygen atoms in total. The molecule has 0 fully saturated rings. The molecule has 0 unspecified atom stereocenters. The van der Waals surface area contributed by atoms with E-state index in [0.717, 1.165) is 32.1 Å². The normalized spacial score (nSPS) is 11.1. The maximum atomic E-state index is 13.3. The highest BCUT2D eigenvalue weighted by Crippen LogP contribution is 2.30. The SMILES string of the molecule is Cc1noc(C)c1COc1cc2ccccc2cc1C(=O)Nc1ccc(Sc2nccn2C)cc1. The van der Waals surface area contributed by atoms with Gasteiger partial charge in [-0.1, -0.05) is 41.2 Å². The average Bonchev–Trinajstić information content (AvgIpc) is 3.42. The second-order valence-electron chi connectivity index (χ2n) is 8.19. The molecule has 2 heterocycles. The number of nitrogens with zero attached hydrogens (tertiary/aromatic N) is 3. The highest BCUT2D eigenvalue weighted by atomic mass is 32.2. The predicted molar refractivity (Wildman–Crippen MR) is 136 cm³/mol. The van der Waals surface area contributed by atoms with E-state index in [4.69, 9.17) is 9.26 Å². The second kappa shape index (κ2) is 9.68. The molecule has 1 amide bonds. The largest absolute Gasteiger partial charge is 0.488 e. The number of anilines is 1. The molecule has 0 aliphatic carbocycles. The average molecular weight is 485 g/mol. The van der Waals surface area contributed by atoms with Gasteiger partial charge < -0.3 is 19.1 Å². The van der Waals surface area contributed by atoms with Gasteiger partial charge in [-0.3, -0.25) is 4.79 Å². The van der Waals surface area contributed by atoms with Gasteiger partial charge in [0.25, 0.3) is 5.91 Å². The summed E-state index contributed by atoms with van der Waals surface area (Å²) in [5.74, 6) is 0.968. The van der Waals surface area contributed by atoms with E-state index in [-0.39, 0.29) is 12.5 Å². The number of carbonyl (C=O) groups excluding carboxylic acids is 1. The number of rotatable bonds is 7. The highest BCUT2D eigenvalue weighted by Gasteiger charge is 2.17. The predicted octanol–water partition coefficient (Wildman–Crippen LogP) is 6.16. The zero-order chi connectivity index (χ0) is 24.4. The number of ether oxygens (including phenoxy) is 1. The number of hydrogen-bond donors (Lipinski definition) is 1. The number of hydrogen-bond acceptors (Lipinski definition) is 6. The molecule has 5 aromatic rings. The van der Waals surface area contributed by atoms with E-state index in [1.807, 2.05) is 92.3 Å². The van der Waals surface area contributed by atoms with Crippen molar-refractivity contribution in [2.75, 3.05) is 5.32 Å². The van der Waals surface area contributed by atoms with Crippen LogP contribution in [-0.2, 0) is 13.7 Å². The molecule has 5 rings (SSSR count). The Balaban J connectivity index is 1.38. The van der Waals surface area contributed by atoms with E-state index in [1.54, 1.807) is 18.0 Å². The fourth-order valence-corrected chi connectivity index (χ4v) is 4.54. The van der Waals surface area contributed by atoms with Crippen LogP contribution in [0.25, 0.3) is 10.8 Å². The molecule has 0 radical (unpaired) electrons. The summed E-state index contributed by atoms with van der Waals surface area (Å²) in [6, 6.07) is 19.3. The molecule has 0 saturated heterocycles. The third-order valence-corrected chi connectivity index (χ3v) is 6.83. The van der Waals surface area contributed by atoms with Crippen LogP contribution in [0.15, 0.2) is 87.6 Å². The molecular weight excluding hydrogens is 460 g/mol. The number of aromatic nitrogens is 3. The van der Waals surface area contributed by atoms with Crippen molar-refractivity contribution in [2.24, 2.45) is 7.05 Å². The Labute approximate surface area is 207 Å². The van der Waals surface area contributed by atoms with Crippen molar-refractivity contribution in [3.63, 3.8) is 0 Å². The van der Waals surface area contributed by atoms with Crippen LogP contribution in [0.4, 0.5) is 5.69 Å². The molecule has 35 heavy (non-hydrogen) atoms. The maximum Gasteiger partial charge on any atom is 0.259 e. The summed E-state index contributed by atoms with van der Waals surface area (Å²) in [7, 11) is 1.96. The van der Waals surface area contributed by atoms with Crippen LogP contribution >= 0.6 is 11.8 Å². The fraction of sp³-hybridized carbons (Fsp3) is 0.148. The molecule has 0 bridgehead atoms. The zero-order valence-corrected chi connectivity index (χ0v) is 20.4. The number of benzene rings is 3. The molecule has 0 aliphatic rings. The lowest BCUT2D eigenvalue weighted by atomic mass is 10.0. The van der Waals surface area contributed by atoms with Gasteiger partial charge in [-0.15, -0.1) is 0 Å². The Morgan fingerprint density at radius 1 is 1.09 bits per heavy atom. The molecule has 1 N–H and O–H groups in total. The van der Waals surface area contributed by atoms with E-state index >= 15 is 0 Å². The molecule has 0 atom stereocenters. The van der Waals surface area contributed by atoms with Gasteiger partial charge in [0.05, 0.1) is 16.8 Å². The van der Waals surface area contributed by atoms with E-state index in [0.29, 0.717) is 22.8 Å². The van der Waals surface area contributed by atoms with Crippen LogP contribution in [-0.4, -0.2) is 20.6 Å². The molecule has 8 heteroatoms. The number of aryl methyl sites for hydroxylation is 3. The molecule has 0 spiro atoms. The monoisotopic (exact) mass is 484 g/mol. The standard InChI is InChI=1S/C27H24N4O3S/c1-17-24(18(2)34-30-17)16-33-25-15-20-7-5-4-6-19(20)14-23(25)26(32)29-21-8-10-22(11-9-21)35-27-28-12-13-31(27)3/h4-15H,16H2,1-3H3,(H,29,32). The van der Waals surface area contributed by atoms with Gasteiger partial charge in [-0.2, -0.15) is 0 Å². The highest BCUT2D eigenvalue weighted by molar-refractivity contribution is 7.99. The Morgan fingerprint density at radius 2 is 1.83 bits per heavy atom. The van der Waals surface area contributed by atoms with Gasteiger partial charge in [-0.05, 0) is 61.0 Å². The van der Waals surface area contributed by atoms with Crippen LogP contribution in [0.3, 0.4) is 0 Å². The van der Waals surface area contributed by atoms with Gasteiger partial charge in [-0.25, -0.2) is 4.98 Å². The van der Waals surface area contributed by atoms with Gasteiger partial charge in [0.15, 0.2) is 5.16 Å². The van der Waals surface area contributed by atoms with E-state index in [2.05, 4.69) is 15.5 Å². The van der Waals surface area contributed by atoms with Crippen molar-refractivity contribution in [1.29, 1.82) is 0 Å². The maximum absolute atomic E-state index is 13.3. The third-order valence-electron chi connectivity index (χ3n) is 5.74. The van der Waals surface area contributed by atoms with Crippen LogP contribution < -0.4 is 10.1 Å². The minimum Gasteiger partial charge on any atom is -0.488 e. The van der Waals surface area contributed by atoms with E-state index < -0.39 is 0 Å². The summed E-state index contributed by atoms with van der Waals surface area (Å²) in [5.41, 5.74) is 2.81. The first-order valence-corrected chi connectivity index (χ1v) is 11.9. The third kappa shape index (κ3) is 4.93. The number of imidazole rings is 1. The Kier molecular flexibility index (Phi) is 6.29. The van der Waals surface area contributed by atoms with Crippen molar-refractivity contribution in [3.05, 3.63) is 95.6 Å². The first kappa shape index (κ1) is 22.7. The van der Waals surface area contributed by atoms with Crippen molar-refractivity contribution >= 4 is 34.1 Å². The molecule has 0 saturated carbocycles. The van der Waals surface area contributed by atoms with Crippen LogP contribution in [0.1, 0.15) is 27.4 Å². The van der Waals surface area contributed by atoms with Crippen molar-refractivity contribution < 1.29 is 14.1 Å². The Morgan fingerprint density at radius 3 is 2.49 bits per heavy atom. The second-order valence-corrected chi connectivity index (χ2v) is 9.23. The number of fused-ring (bicyclic) bond motifs is 1. The van der Waals surface area contributed by atoms with E-state index in [9.17, 15) is 4.79 Å². The van der Waals surface area contributed by atoms with E-state index in [1.165, 1.54) is 0 Å². The minimum absolute atomic E-state index is 0.242. The van der Waals surface area contributed by atoms with Crippen LogP contribution in [0.5, 0.6) is 5.75 Å². The summed E-state index contributed by atoms with van der Waals surface area (Å²) < 4.78 is 13.3. The topological polar surface area (TPSA) is 82.2 Å². The van der Waals surface area contributed by atoms with Gasteiger partial charge in [0, 0.05) is 30.0 Å². The summed E-state index contributed by atoms with van der Waals surface area (Å²) in [4.78, 5) is 18.7. The first-order valence-electron chi connectivity index (χ1n) is 11.1. The summed E-state index contributed by atoms with van der Waals surface area (Å²) in [6.45, 7) is 3.99. The smallest absolute Gasteiger partial charge is 0.259 e. The minimum atomic E-state index is -0.242. The molecule has 176 valence electrons. The number of nitrogens with one attached hydrogen (secondary N) is 1. The summed E-state index contributed by atoms with van der Waals surface area (Å²) in [5, 5.41) is 9.84. The first-order chi connectivity index (χ1) is 17.0. The van der Waals surface area contributed by atoms with Gasteiger partial charge >= 0.3 is 0 Å². The number of carbonyl (C=O) groups is 1. The Hall–Kier alpha value is -4.04. The van der Waals surface area contributed by atoms with Crippen LogP contribution in [0, 0.1) is 13.8 Å². The lowest BCUT2D eigenvalue weighted by Crippen LogP contribution is -2.14. The van der Waals surface area contributed by atoms with Crippen molar-refractivity contribution in [3.8, 4) is 5.75 Å². The summed E-state index contributed by atoms with van der Waals surface area (Å²) in [6.07, 6.45) is 3.68. The van der Waals surface area contributed by atoms with Gasteiger partial charge in [0.1, 0.15) is 18.1 Å². The van der Waals surface area contributed by atoms with Crippen molar-refractivity contribution in [2.45, 2.75) is 30.5 Å². The molecular formula is C27H24N4O3S. The Bertz CT molecular complexity index is 1490. The van der Waals surface area contributed by atoms with Gasteiger partial charge in [0.2, 0.25) is 0 Å². The van der Waals surface area contributed by atoms with Crippen LogP contribution in [0.2, 0.25) is 0 Å². The number of amides is 1. The molecule has 3 aromatic carbocycles.